The number of fused-ring (bicyclic) bond motifs is 2. The molecule has 0 radical (unpaired) electrons. The van der Waals surface area contributed by atoms with Gasteiger partial charge in [0, 0.05) is 46.2 Å². The summed E-state index contributed by atoms with van der Waals surface area (Å²) in [6, 6.07) is 17.0. The molecular formula is C28H29ClN4O3. The van der Waals surface area contributed by atoms with Gasteiger partial charge in [-0.05, 0) is 75.1 Å². The molecular weight excluding hydrogens is 476 g/mol. The van der Waals surface area contributed by atoms with Crippen LogP contribution in [0.5, 0.6) is 5.75 Å². The summed E-state index contributed by atoms with van der Waals surface area (Å²) in [7, 11) is 1.61. The Morgan fingerprint density at radius 3 is 2.44 bits per heavy atom. The highest BCUT2D eigenvalue weighted by Gasteiger charge is 2.42. The van der Waals surface area contributed by atoms with Gasteiger partial charge in [-0.3, -0.25) is 9.59 Å². The lowest BCUT2D eigenvalue weighted by Crippen LogP contribution is -2.50. The molecule has 2 amide bonds. The second-order valence-electron chi connectivity index (χ2n) is 9.44. The van der Waals surface area contributed by atoms with Crippen LogP contribution in [0.3, 0.4) is 0 Å². The van der Waals surface area contributed by atoms with Crippen LogP contribution in [-0.2, 0) is 0 Å². The average Bonchev–Trinajstić information content (AvgIpc) is 3.14. The zero-order valence-electron chi connectivity index (χ0n) is 20.3. The molecule has 36 heavy (non-hydrogen) atoms. The molecule has 8 heteroatoms. The van der Waals surface area contributed by atoms with Gasteiger partial charge in [0.1, 0.15) is 11.6 Å². The fourth-order valence-electron chi connectivity index (χ4n) is 5.46. The van der Waals surface area contributed by atoms with Crippen molar-refractivity contribution in [1.82, 2.24) is 10.3 Å². The van der Waals surface area contributed by atoms with Gasteiger partial charge in [0.05, 0.1) is 12.7 Å². The maximum absolute atomic E-state index is 13.0. The van der Waals surface area contributed by atoms with Crippen LogP contribution in [0.25, 0.3) is 0 Å². The SMILES string of the molecule is COc1cccc(C(=O)N[C@H]2C[C@H]3CC[C@@H](C2)N3c2ccc(C(=O)Nc3cccc(Cl)c3)cn2)c1C. The highest BCUT2D eigenvalue weighted by Crippen LogP contribution is 2.38. The molecule has 0 aliphatic carbocycles. The number of piperidine rings is 1. The highest BCUT2D eigenvalue weighted by atomic mass is 35.5. The normalized spacial score (nSPS) is 20.6. The standard InChI is InChI=1S/C28H29ClN4O3/c1-17-24(7-4-8-25(17)36-2)28(35)32-21-14-22-10-11-23(15-21)33(22)26-12-9-18(16-30-26)27(34)31-20-6-3-5-19(29)13-20/h3-9,12-13,16,21-23H,10-11,14-15H2,1-2H3,(H,31,34)(H,32,35)/t21-,22+,23-. The Morgan fingerprint density at radius 2 is 1.78 bits per heavy atom. The van der Waals surface area contributed by atoms with Crippen molar-refractivity contribution >= 4 is 34.9 Å². The van der Waals surface area contributed by atoms with E-state index in [4.69, 9.17) is 16.3 Å². The molecule has 2 aliphatic heterocycles. The second-order valence-corrected chi connectivity index (χ2v) is 9.87. The number of hydrogen-bond donors (Lipinski definition) is 2. The summed E-state index contributed by atoms with van der Waals surface area (Å²) in [6.45, 7) is 1.91. The molecule has 2 aliphatic rings. The number of ether oxygens (including phenoxy) is 1. The van der Waals surface area contributed by atoms with Gasteiger partial charge in [0.15, 0.2) is 0 Å². The van der Waals surface area contributed by atoms with Crippen molar-refractivity contribution in [3.05, 3.63) is 82.5 Å². The van der Waals surface area contributed by atoms with Gasteiger partial charge in [0.2, 0.25) is 0 Å². The number of halogens is 1. The molecule has 2 fully saturated rings. The van der Waals surface area contributed by atoms with Crippen molar-refractivity contribution in [3.63, 3.8) is 0 Å². The van der Waals surface area contributed by atoms with Crippen LogP contribution in [0.2, 0.25) is 5.02 Å². The molecule has 2 N–H and O–H groups in total. The summed E-state index contributed by atoms with van der Waals surface area (Å²) in [5.41, 5.74) is 2.63. The first-order valence-corrected chi connectivity index (χ1v) is 12.6. The smallest absolute Gasteiger partial charge is 0.257 e. The molecule has 0 saturated carbocycles. The van der Waals surface area contributed by atoms with E-state index in [-0.39, 0.29) is 17.9 Å². The Bertz CT molecular complexity index is 1270. The van der Waals surface area contributed by atoms with Gasteiger partial charge in [-0.2, -0.15) is 0 Å². The zero-order chi connectivity index (χ0) is 25.2. The minimum atomic E-state index is -0.228. The van der Waals surface area contributed by atoms with E-state index in [9.17, 15) is 9.59 Å². The molecule has 3 heterocycles. The Balaban J connectivity index is 1.23. The maximum atomic E-state index is 13.0. The highest BCUT2D eigenvalue weighted by molar-refractivity contribution is 6.31. The molecule has 0 unspecified atom stereocenters. The lowest BCUT2D eigenvalue weighted by atomic mass is 9.96. The van der Waals surface area contributed by atoms with Gasteiger partial charge >= 0.3 is 0 Å². The Morgan fingerprint density at radius 1 is 1.03 bits per heavy atom. The first-order valence-electron chi connectivity index (χ1n) is 12.2. The molecule has 3 aromatic rings. The van der Waals surface area contributed by atoms with Crippen molar-refractivity contribution in [2.24, 2.45) is 0 Å². The van der Waals surface area contributed by atoms with E-state index in [0.29, 0.717) is 39.7 Å². The third-order valence-corrected chi connectivity index (χ3v) is 7.41. The fourth-order valence-corrected chi connectivity index (χ4v) is 5.65. The van der Waals surface area contributed by atoms with E-state index < -0.39 is 0 Å². The predicted octanol–water partition coefficient (Wildman–Crippen LogP) is 5.23. The number of nitrogens with one attached hydrogen (secondary N) is 2. The number of amides is 2. The molecule has 7 nitrogen and oxygen atoms in total. The number of aromatic nitrogens is 1. The Hall–Kier alpha value is -3.58. The second kappa shape index (κ2) is 10.2. The first kappa shape index (κ1) is 24.1. The van der Waals surface area contributed by atoms with Gasteiger partial charge in [-0.15, -0.1) is 0 Å². The van der Waals surface area contributed by atoms with Crippen LogP contribution >= 0.6 is 11.6 Å². The number of anilines is 2. The van der Waals surface area contributed by atoms with E-state index in [1.165, 1.54) is 0 Å². The number of benzene rings is 2. The number of hydrogen-bond acceptors (Lipinski definition) is 5. The average molecular weight is 505 g/mol. The third-order valence-electron chi connectivity index (χ3n) is 7.17. The summed E-state index contributed by atoms with van der Waals surface area (Å²) >= 11 is 6.01. The van der Waals surface area contributed by atoms with E-state index in [1.54, 1.807) is 43.6 Å². The summed E-state index contributed by atoms with van der Waals surface area (Å²) < 4.78 is 5.37. The summed E-state index contributed by atoms with van der Waals surface area (Å²) in [6.07, 6.45) is 5.48. The van der Waals surface area contributed by atoms with E-state index in [0.717, 1.165) is 37.1 Å². The summed E-state index contributed by atoms with van der Waals surface area (Å²) in [4.78, 5) is 32.6. The van der Waals surface area contributed by atoms with Gasteiger partial charge in [-0.25, -0.2) is 4.98 Å². The molecule has 2 saturated heterocycles. The van der Waals surface area contributed by atoms with Crippen molar-refractivity contribution in [1.29, 1.82) is 0 Å². The minimum Gasteiger partial charge on any atom is -0.496 e. The van der Waals surface area contributed by atoms with Crippen LogP contribution in [0.1, 0.15) is 52.0 Å². The molecule has 5 rings (SSSR count). The summed E-state index contributed by atoms with van der Waals surface area (Å²) in [5.74, 6) is 1.30. The molecule has 2 bridgehead atoms. The molecule has 2 aromatic carbocycles. The molecule has 0 spiro atoms. The minimum absolute atomic E-state index is 0.0579. The predicted molar refractivity (Wildman–Crippen MR) is 141 cm³/mol. The lowest BCUT2D eigenvalue weighted by Gasteiger charge is -2.40. The van der Waals surface area contributed by atoms with Crippen molar-refractivity contribution < 1.29 is 14.3 Å². The molecule has 1 aromatic heterocycles. The lowest BCUT2D eigenvalue weighted by molar-refractivity contribution is 0.0925. The summed E-state index contributed by atoms with van der Waals surface area (Å²) in [5, 5.41) is 6.66. The van der Waals surface area contributed by atoms with E-state index >= 15 is 0 Å². The van der Waals surface area contributed by atoms with Crippen molar-refractivity contribution in [2.45, 2.75) is 50.7 Å². The Kier molecular flexibility index (Phi) is 6.83. The number of carbonyl (C=O) groups excluding carboxylic acids is 2. The van der Waals surface area contributed by atoms with E-state index in [2.05, 4.69) is 20.5 Å². The van der Waals surface area contributed by atoms with Crippen LogP contribution in [-0.4, -0.2) is 42.0 Å². The largest absolute Gasteiger partial charge is 0.496 e. The van der Waals surface area contributed by atoms with Gasteiger partial charge < -0.3 is 20.3 Å². The number of methoxy groups -OCH3 is 1. The third kappa shape index (κ3) is 4.88. The van der Waals surface area contributed by atoms with Crippen molar-refractivity contribution in [2.75, 3.05) is 17.3 Å². The number of rotatable bonds is 6. The van der Waals surface area contributed by atoms with Gasteiger partial charge in [0.25, 0.3) is 11.8 Å². The Labute approximate surface area is 215 Å². The zero-order valence-corrected chi connectivity index (χ0v) is 21.1. The first-order chi connectivity index (χ1) is 17.4. The molecule has 3 atom stereocenters. The van der Waals surface area contributed by atoms with Crippen LogP contribution in [0.4, 0.5) is 11.5 Å². The number of pyridine rings is 1. The van der Waals surface area contributed by atoms with Crippen LogP contribution in [0, 0.1) is 6.92 Å². The monoisotopic (exact) mass is 504 g/mol. The molecule has 186 valence electrons. The topological polar surface area (TPSA) is 83.6 Å². The quantitative estimate of drug-likeness (QED) is 0.480. The van der Waals surface area contributed by atoms with Gasteiger partial charge in [-0.1, -0.05) is 23.7 Å². The van der Waals surface area contributed by atoms with E-state index in [1.807, 2.05) is 31.2 Å². The number of carbonyl (C=O) groups is 2. The van der Waals surface area contributed by atoms with Crippen LogP contribution in [0.15, 0.2) is 60.8 Å². The maximum Gasteiger partial charge on any atom is 0.257 e. The van der Waals surface area contributed by atoms with Crippen molar-refractivity contribution in [3.8, 4) is 5.75 Å². The number of nitrogens with zero attached hydrogens (tertiary/aromatic N) is 2. The fraction of sp³-hybridized carbons (Fsp3) is 0.321. The van der Waals surface area contributed by atoms with Crippen LogP contribution < -0.4 is 20.3 Å².